The fourth-order valence-electron chi connectivity index (χ4n) is 1.59. The van der Waals surface area contributed by atoms with E-state index in [0.717, 1.165) is 12.8 Å². The largest absolute Gasteiger partial charge is 0.464 e. The molecule has 0 aromatic carbocycles. The van der Waals surface area contributed by atoms with E-state index in [1.807, 2.05) is 6.07 Å². The topological polar surface area (TPSA) is 50.4 Å². The molecule has 1 aromatic heterocycles. The predicted octanol–water partition coefficient (Wildman–Crippen LogP) is 1.26. The van der Waals surface area contributed by atoms with Crippen molar-refractivity contribution < 1.29 is 9.53 Å². The van der Waals surface area contributed by atoms with Crippen LogP contribution in [0.2, 0.25) is 0 Å². The summed E-state index contributed by atoms with van der Waals surface area (Å²) in [4.78, 5) is 12.9. The average molecular weight is 252 g/mol. The molecule has 1 atom stereocenters. The van der Waals surface area contributed by atoms with Gasteiger partial charge in [0.2, 0.25) is 0 Å². The van der Waals surface area contributed by atoms with Gasteiger partial charge in [-0.05, 0) is 36.6 Å². The van der Waals surface area contributed by atoms with Crippen molar-refractivity contribution in [3.8, 4) is 0 Å². The van der Waals surface area contributed by atoms with Gasteiger partial charge in [0.1, 0.15) is 6.04 Å². The molecule has 0 spiro atoms. The van der Waals surface area contributed by atoms with Crippen LogP contribution in [0.15, 0.2) is 29.8 Å². The zero-order valence-electron chi connectivity index (χ0n) is 9.52. The minimum absolute atomic E-state index is 0.200. The van der Waals surface area contributed by atoms with Crippen molar-refractivity contribution >= 4 is 17.3 Å². The normalized spacial score (nSPS) is 18.7. The van der Waals surface area contributed by atoms with Crippen LogP contribution < -0.4 is 10.6 Å². The smallest absolute Gasteiger partial charge is 0.327 e. The minimum atomic E-state index is -0.307. The molecular weight excluding hydrogens is 236 g/mol. The van der Waals surface area contributed by atoms with Crippen molar-refractivity contribution in [1.29, 1.82) is 0 Å². The number of thiophene rings is 1. The van der Waals surface area contributed by atoms with Crippen LogP contribution in [-0.4, -0.2) is 25.3 Å². The quantitative estimate of drug-likeness (QED) is 0.612. The van der Waals surface area contributed by atoms with E-state index in [4.69, 9.17) is 4.74 Å². The van der Waals surface area contributed by atoms with Crippen LogP contribution in [0.3, 0.4) is 0 Å². The highest BCUT2D eigenvalue weighted by atomic mass is 32.1. The number of carbonyl (C=O) groups excluding carboxylic acids is 1. The number of nitrogens with one attached hydrogen (secondary N) is 2. The van der Waals surface area contributed by atoms with E-state index in [2.05, 4.69) is 22.1 Å². The standard InChI is InChI=1S/C12H16N2O2S/c15-12(11-5-6-13-9-14-11)16-7-1-3-10-4-2-8-17-10/h2,4-6,8,11,13-14H,1,3,7,9H2. The van der Waals surface area contributed by atoms with Crippen LogP contribution in [0.25, 0.3) is 0 Å². The fourth-order valence-corrected chi connectivity index (χ4v) is 2.34. The van der Waals surface area contributed by atoms with Gasteiger partial charge in [-0.15, -0.1) is 11.3 Å². The molecule has 1 aliphatic rings. The molecule has 0 radical (unpaired) electrons. The zero-order chi connectivity index (χ0) is 11.9. The summed E-state index contributed by atoms with van der Waals surface area (Å²) in [5.41, 5.74) is 0. The summed E-state index contributed by atoms with van der Waals surface area (Å²) < 4.78 is 5.20. The number of hydrogen-bond donors (Lipinski definition) is 2. The Balaban J connectivity index is 1.63. The van der Waals surface area contributed by atoms with Crippen molar-refractivity contribution in [3.05, 3.63) is 34.7 Å². The first-order valence-electron chi connectivity index (χ1n) is 5.69. The summed E-state index contributed by atoms with van der Waals surface area (Å²) in [6, 6.07) is 3.83. The zero-order valence-corrected chi connectivity index (χ0v) is 10.3. The molecule has 1 aromatic rings. The van der Waals surface area contributed by atoms with Crippen LogP contribution in [0, 0.1) is 0 Å². The number of carbonyl (C=O) groups is 1. The van der Waals surface area contributed by atoms with E-state index in [9.17, 15) is 4.79 Å². The summed E-state index contributed by atoms with van der Waals surface area (Å²) in [5, 5.41) is 8.02. The Morgan fingerprint density at radius 1 is 1.59 bits per heavy atom. The maximum atomic E-state index is 11.6. The van der Waals surface area contributed by atoms with Crippen LogP contribution >= 0.6 is 11.3 Å². The van der Waals surface area contributed by atoms with E-state index in [1.54, 1.807) is 23.6 Å². The molecule has 92 valence electrons. The molecule has 2 heterocycles. The van der Waals surface area contributed by atoms with Crippen molar-refractivity contribution in [3.63, 3.8) is 0 Å². The van der Waals surface area contributed by atoms with Crippen LogP contribution in [0.4, 0.5) is 0 Å². The van der Waals surface area contributed by atoms with Gasteiger partial charge < -0.3 is 10.1 Å². The number of rotatable bonds is 5. The molecule has 2 N–H and O–H groups in total. The van der Waals surface area contributed by atoms with Gasteiger partial charge in [-0.2, -0.15) is 0 Å². The molecule has 5 heteroatoms. The number of aryl methyl sites for hydroxylation is 1. The van der Waals surface area contributed by atoms with E-state index in [0.29, 0.717) is 13.3 Å². The highest BCUT2D eigenvalue weighted by Crippen LogP contribution is 2.10. The van der Waals surface area contributed by atoms with Crippen molar-refractivity contribution in [1.82, 2.24) is 10.6 Å². The van der Waals surface area contributed by atoms with Gasteiger partial charge in [0.25, 0.3) is 0 Å². The maximum absolute atomic E-state index is 11.6. The van der Waals surface area contributed by atoms with E-state index < -0.39 is 0 Å². The first-order valence-corrected chi connectivity index (χ1v) is 6.57. The maximum Gasteiger partial charge on any atom is 0.327 e. The first-order chi connectivity index (χ1) is 8.36. The molecule has 0 bridgehead atoms. The summed E-state index contributed by atoms with van der Waals surface area (Å²) in [5.74, 6) is -0.200. The molecule has 1 aliphatic heterocycles. The third-order valence-corrected chi connectivity index (χ3v) is 3.41. The van der Waals surface area contributed by atoms with Crippen molar-refractivity contribution in [2.45, 2.75) is 18.9 Å². The Hall–Kier alpha value is -1.33. The molecule has 0 aliphatic carbocycles. The molecule has 4 nitrogen and oxygen atoms in total. The van der Waals surface area contributed by atoms with Gasteiger partial charge in [0, 0.05) is 4.88 Å². The Bertz CT molecular complexity index is 376. The van der Waals surface area contributed by atoms with Crippen molar-refractivity contribution in [2.75, 3.05) is 13.3 Å². The fraction of sp³-hybridized carbons (Fsp3) is 0.417. The third kappa shape index (κ3) is 3.87. The lowest BCUT2D eigenvalue weighted by molar-refractivity contribution is -0.145. The SMILES string of the molecule is O=C(OCCCc1cccs1)C1C=CNCN1. The number of hydrogen-bond acceptors (Lipinski definition) is 5. The second kappa shape index (κ2) is 6.42. The number of esters is 1. The molecule has 2 rings (SSSR count). The van der Waals surface area contributed by atoms with Gasteiger partial charge in [0.15, 0.2) is 0 Å². The highest BCUT2D eigenvalue weighted by Gasteiger charge is 2.17. The lowest BCUT2D eigenvalue weighted by atomic mass is 10.2. The van der Waals surface area contributed by atoms with Crippen LogP contribution in [0.1, 0.15) is 11.3 Å². The molecule has 0 fully saturated rings. The molecule has 17 heavy (non-hydrogen) atoms. The van der Waals surface area contributed by atoms with Gasteiger partial charge in [-0.25, -0.2) is 0 Å². The lowest BCUT2D eigenvalue weighted by Crippen LogP contribution is -2.43. The van der Waals surface area contributed by atoms with Gasteiger partial charge in [-0.3, -0.25) is 10.1 Å². The van der Waals surface area contributed by atoms with E-state index in [1.165, 1.54) is 4.88 Å². The lowest BCUT2D eigenvalue weighted by Gasteiger charge is -2.17. The third-order valence-electron chi connectivity index (χ3n) is 2.48. The van der Waals surface area contributed by atoms with E-state index in [-0.39, 0.29) is 12.0 Å². The Morgan fingerprint density at radius 3 is 3.24 bits per heavy atom. The molecule has 0 saturated heterocycles. The van der Waals surface area contributed by atoms with Gasteiger partial charge >= 0.3 is 5.97 Å². The summed E-state index contributed by atoms with van der Waals surface area (Å²) in [6.45, 7) is 1.08. The Labute approximate surface area is 105 Å². The Kier molecular flexibility index (Phi) is 4.58. The first kappa shape index (κ1) is 12.1. The molecule has 0 amide bonds. The highest BCUT2D eigenvalue weighted by molar-refractivity contribution is 7.09. The summed E-state index contributed by atoms with van der Waals surface area (Å²) >= 11 is 1.74. The monoisotopic (exact) mass is 252 g/mol. The second-order valence-electron chi connectivity index (χ2n) is 3.77. The Morgan fingerprint density at radius 2 is 2.53 bits per heavy atom. The molecule has 0 saturated carbocycles. The van der Waals surface area contributed by atoms with Crippen LogP contribution in [-0.2, 0) is 16.0 Å². The second-order valence-corrected chi connectivity index (χ2v) is 4.80. The van der Waals surface area contributed by atoms with Gasteiger partial charge in [0.05, 0.1) is 13.3 Å². The summed E-state index contributed by atoms with van der Waals surface area (Å²) in [7, 11) is 0. The van der Waals surface area contributed by atoms with Crippen LogP contribution in [0.5, 0.6) is 0 Å². The van der Waals surface area contributed by atoms with Crippen molar-refractivity contribution in [2.24, 2.45) is 0 Å². The summed E-state index contributed by atoms with van der Waals surface area (Å²) in [6.07, 6.45) is 5.39. The minimum Gasteiger partial charge on any atom is -0.464 e. The number of ether oxygens (including phenoxy) is 1. The predicted molar refractivity (Wildman–Crippen MR) is 67.7 cm³/mol. The molecule has 1 unspecified atom stereocenters. The van der Waals surface area contributed by atoms with Gasteiger partial charge in [-0.1, -0.05) is 6.07 Å². The molecular formula is C12H16N2O2S. The van der Waals surface area contributed by atoms with E-state index >= 15 is 0 Å². The average Bonchev–Trinajstić information content (AvgIpc) is 2.88.